The fraction of sp³-hybridized carbons (Fsp3) is 0.667. The molecule has 0 saturated heterocycles. The first-order chi connectivity index (χ1) is 8.13. The number of aromatic amines is 1. The number of hydrogen-bond acceptors (Lipinski definition) is 3. The molecule has 1 aliphatic rings. The number of carbonyl (C=O) groups is 1. The highest BCUT2D eigenvalue weighted by molar-refractivity contribution is 5.92. The fourth-order valence-corrected chi connectivity index (χ4v) is 1.83. The summed E-state index contributed by atoms with van der Waals surface area (Å²) in [6.07, 6.45) is 2.07. The van der Waals surface area contributed by atoms with E-state index in [9.17, 15) is 4.79 Å². The predicted octanol–water partition coefficient (Wildman–Crippen LogP) is 1.13. The van der Waals surface area contributed by atoms with Gasteiger partial charge in [0.15, 0.2) is 0 Å². The summed E-state index contributed by atoms with van der Waals surface area (Å²) in [7, 11) is 0. The molecule has 1 heterocycles. The minimum Gasteiger partial charge on any atom is -0.395 e. The number of aliphatic hydroxyl groups excluding tert-OH is 1. The third-order valence-corrected chi connectivity index (χ3v) is 3.03. The van der Waals surface area contributed by atoms with Gasteiger partial charge in [-0.3, -0.25) is 9.89 Å². The molecule has 2 N–H and O–H groups in total. The summed E-state index contributed by atoms with van der Waals surface area (Å²) < 4.78 is 0. The lowest BCUT2D eigenvalue weighted by molar-refractivity contribution is 0.0701. The molecule has 1 aliphatic carbocycles. The van der Waals surface area contributed by atoms with Crippen molar-refractivity contribution in [1.82, 2.24) is 15.1 Å². The summed E-state index contributed by atoms with van der Waals surface area (Å²) in [5, 5.41) is 15.9. The molecule has 1 aromatic rings. The van der Waals surface area contributed by atoms with E-state index in [1.165, 1.54) is 0 Å². The first kappa shape index (κ1) is 12.1. The summed E-state index contributed by atoms with van der Waals surface area (Å²) in [6.45, 7) is 4.50. The summed E-state index contributed by atoms with van der Waals surface area (Å²) in [4.78, 5) is 13.9. The van der Waals surface area contributed by atoms with Gasteiger partial charge in [0.05, 0.1) is 6.61 Å². The molecule has 0 spiro atoms. The van der Waals surface area contributed by atoms with Crippen LogP contribution in [0, 0.1) is 0 Å². The molecule has 17 heavy (non-hydrogen) atoms. The molecule has 0 radical (unpaired) electrons. The average Bonchev–Trinajstić information content (AvgIpc) is 3.00. The minimum absolute atomic E-state index is 0.00367. The number of nitrogens with zero attached hydrogens (tertiary/aromatic N) is 2. The highest BCUT2D eigenvalue weighted by Gasteiger charge is 2.33. The maximum Gasteiger partial charge on any atom is 0.274 e. The van der Waals surface area contributed by atoms with Gasteiger partial charge in [-0.15, -0.1) is 0 Å². The van der Waals surface area contributed by atoms with E-state index < -0.39 is 0 Å². The lowest BCUT2D eigenvalue weighted by Crippen LogP contribution is -2.35. The van der Waals surface area contributed by atoms with Crippen molar-refractivity contribution in [3.8, 4) is 0 Å². The van der Waals surface area contributed by atoms with Gasteiger partial charge in [-0.2, -0.15) is 5.10 Å². The van der Waals surface area contributed by atoms with Gasteiger partial charge >= 0.3 is 0 Å². The zero-order valence-corrected chi connectivity index (χ0v) is 10.3. The fourth-order valence-electron chi connectivity index (χ4n) is 1.83. The standard InChI is InChI=1S/C12H19N3O2/c1-8(2)10-7-11(14-13-10)12(17)15(5-6-16)9-3-4-9/h7-9,16H,3-6H2,1-2H3,(H,13,14). The number of nitrogens with one attached hydrogen (secondary N) is 1. The molecular formula is C12H19N3O2. The van der Waals surface area contributed by atoms with Crippen LogP contribution in [0.3, 0.4) is 0 Å². The topological polar surface area (TPSA) is 69.2 Å². The number of hydrogen-bond donors (Lipinski definition) is 2. The van der Waals surface area contributed by atoms with Crippen molar-refractivity contribution in [3.05, 3.63) is 17.5 Å². The monoisotopic (exact) mass is 237 g/mol. The second-order valence-corrected chi connectivity index (χ2v) is 4.82. The molecule has 0 unspecified atom stereocenters. The predicted molar refractivity (Wildman–Crippen MR) is 63.8 cm³/mol. The molecule has 0 atom stereocenters. The normalized spacial score (nSPS) is 15.3. The Morgan fingerprint density at radius 1 is 1.65 bits per heavy atom. The number of H-pyrrole nitrogens is 1. The Morgan fingerprint density at radius 3 is 2.82 bits per heavy atom. The molecule has 1 saturated carbocycles. The Kier molecular flexibility index (Phi) is 3.47. The first-order valence-corrected chi connectivity index (χ1v) is 6.10. The lowest BCUT2D eigenvalue weighted by Gasteiger charge is -2.19. The van der Waals surface area contributed by atoms with Crippen LogP contribution in [0.4, 0.5) is 0 Å². The minimum atomic E-state index is -0.0790. The third-order valence-electron chi connectivity index (χ3n) is 3.03. The van der Waals surface area contributed by atoms with Crippen LogP contribution in [0.5, 0.6) is 0 Å². The number of carbonyl (C=O) groups excluding carboxylic acids is 1. The molecule has 94 valence electrons. The van der Waals surface area contributed by atoms with Crippen LogP contribution in [0.1, 0.15) is 48.8 Å². The zero-order valence-electron chi connectivity index (χ0n) is 10.3. The Bertz CT molecular complexity index is 396. The Morgan fingerprint density at radius 2 is 2.35 bits per heavy atom. The van der Waals surface area contributed by atoms with Crippen LogP contribution < -0.4 is 0 Å². The summed E-state index contributed by atoms with van der Waals surface area (Å²) >= 11 is 0. The molecule has 5 nitrogen and oxygen atoms in total. The van der Waals surface area contributed by atoms with Crippen LogP contribution in [0.2, 0.25) is 0 Å². The molecule has 0 aliphatic heterocycles. The number of aromatic nitrogens is 2. The Balaban J connectivity index is 2.10. The van der Waals surface area contributed by atoms with E-state index in [-0.39, 0.29) is 12.5 Å². The van der Waals surface area contributed by atoms with Gasteiger partial charge in [0.1, 0.15) is 5.69 Å². The third kappa shape index (κ3) is 2.66. The van der Waals surface area contributed by atoms with Crippen LogP contribution >= 0.6 is 0 Å². The number of amides is 1. The van der Waals surface area contributed by atoms with Crippen molar-refractivity contribution < 1.29 is 9.90 Å². The van der Waals surface area contributed by atoms with Crippen LogP contribution in [0.15, 0.2) is 6.07 Å². The van der Waals surface area contributed by atoms with Crippen molar-refractivity contribution in [2.24, 2.45) is 0 Å². The van der Waals surface area contributed by atoms with Crippen molar-refractivity contribution in [2.75, 3.05) is 13.2 Å². The lowest BCUT2D eigenvalue weighted by atomic mass is 10.1. The molecule has 1 amide bonds. The van der Waals surface area contributed by atoms with Gasteiger partial charge in [0.25, 0.3) is 5.91 Å². The van der Waals surface area contributed by atoms with Gasteiger partial charge < -0.3 is 10.0 Å². The summed E-state index contributed by atoms with van der Waals surface area (Å²) in [6, 6.07) is 2.11. The summed E-state index contributed by atoms with van der Waals surface area (Å²) in [5.41, 5.74) is 1.42. The van der Waals surface area contributed by atoms with E-state index in [4.69, 9.17) is 5.11 Å². The van der Waals surface area contributed by atoms with Crippen LogP contribution in [-0.2, 0) is 0 Å². The maximum absolute atomic E-state index is 12.2. The van der Waals surface area contributed by atoms with Crippen LogP contribution in [0.25, 0.3) is 0 Å². The van der Waals surface area contributed by atoms with Crippen molar-refractivity contribution in [3.63, 3.8) is 0 Å². The van der Waals surface area contributed by atoms with Crippen LogP contribution in [-0.4, -0.2) is 45.3 Å². The second kappa shape index (κ2) is 4.87. The van der Waals surface area contributed by atoms with Crippen molar-refractivity contribution in [2.45, 2.75) is 38.6 Å². The van der Waals surface area contributed by atoms with Gasteiger partial charge in [-0.25, -0.2) is 0 Å². The van der Waals surface area contributed by atoms with E-state index >= 15 is 0 Å². The SMILES string of the molecule is CC(C)c1cc(C(=O)N(CCO)C2CC2)n[nH]1. The Hall–Kier alpha value is -1.36. The van der Waals surface area contributed by atoms with E-state index in [1.807, 2.05) is 13.8 Å². The van der Waals surface area contributed by atoms with Gasteiger partial charge in [0, 0.05) is 18.3 Å². The smallest absolute Gasteiger partial charge is 0.274 e. The molecule has 2 rings (SSSR count). The van der Waals surface area contributed by atoms with Gasteiger partial charge in [-0.05, 0) is 24.8 Å². The number of aliphatic hydroxyl groups is 1. The average molecular weight is 237 g/mol. The summed E-state index contributed by atoms with van der Waals surface area (Å²) in [5.74, 6) is 0.251. The van der Waals surface area contributed by atoms with E-state index in [2.05, 4.69) is 10.2 Å². The van der Waals surface area contributed by atoms with Gasteiger partial charge in [-0.1, -0.05) is 13.8 Å². The molecule has 0 aromatic carbocycles. The van der Waals surface area contributed by atoms with Crippen molar-refractivity contribution >= 4 is 5.91 Å². The van der Waals surface area contributed by atoms with Crippen molar-refractivity contribution in [1.29, 1.82) is 0 Å². The molecule has 1 aromatic heterocycles. The Labute approximate surface area is 101 Å². The maximum atomic E-state index is 12.2. The zero-order chi connectivity index (χ0) is 12.4. The molecule has 1 fully saturated rings. The molecule has 5 heteroatoms. The van der Waals surface area contributed by atoms with Gasteiger partial charge in [0.2, 0.25) is 0 Å². The quantitative estimate of drug-likeness (QED) is 0.806. The highest BCUT2D eigenvalue weighted by atomic mass is 16.3. The second-order valence-electron chi connectivity index (χ2n) is 4.82. The number of rotatable bonds is 5. The highest BCUT2D eigenvalue weighted by Crippen LogP contribution is 2.28. The van der Waals surface area contributed by atoms with E-state index in [1.54, 1.807) is 11.0 Å². The van der Waals surface area contributed by atoms with E-state index in [0.717, 1.165) is 18.5 Å². The first-order valence-electron chi connectivity index (χ1n) is 6.10. The van der Waals surface area contributed by atoms with E-state index in [0.29, 0.717) is 24.2 Å². The largest absolute Gasteiger partial charge is 0.395 e. The molecule has 0 bridgehead atoms. The molecular weight excluding hydrogens is 218 g/mol.